The summed E-state index contributed by atoms with van der Waals surface area (Å²) in [5, 5.41) is 0. The van der Waals surface area contributed by atoms with Gasteiger partial charge in [0.05, 0.1) is 12.4 Å². The van der Waals surface area contributed by atoms with E-state index in [1.807, 2.05) is 6.92 Å². The Kier molecular flexibility index (Phi) is 3.88. The Morgan fingerprint density at radius 1 is 1.58 bits per heavy atom. The van der Waals surface area contributed by atoms with E-state index in [9.17, 15) is 0 Å². The van der Waals surface area contributed by atoms with Gasteiger partial charge in [-0.25, -0.2) is 0 Å². The van der Waals surface area contributed by atoms with Gasteiger partial charge in [0.1, 0.15) is 0 Å². The first-order valence-corrected chi connectivity index (χ1v) is 4.59. The fourth-order valence-corrected chi connectivity index (χ4v) is 1.43. The van der Waals surface area contributed by atoms with Gasteiger partial charge in [0.25, 0.3) is 0 Å². The zero-order chi connectivity index (χ0) is 8.81. The molecule has 0 aliphatic heterocycles. The molecule has 0 aromatic rings. The third-order valence-electron chi connectivity index (χ3n) is 1.94. The molecule has 0 fully saturated rings. The van der Waals surface area contributed by atoms with Crippen LogP contribution in [0.2, 0.25) is 0 Å². The van der Waals surface area contributed by atoms with Crippen LogP contribution >= 0.6 is 0 Å². The number of ether oxygens (including phenoxy) is 1. The van der Waals surface area contributed by atoms with Gasteiger partial charge in [-0.2, -0.15) is 0 Å². The molecule has 1 aliphatic rings. The van der Waals surface area contributed by atoms with Gasteiger partial charge in [0, 0.05) is 13.0 Å². The Hall–Kier alpha value is -0.760. The van der Waals surface area contributed by atoms with E-state index in [2.05, 4.69) is 12.2 Å². The second-order valence-corrected chi connectivity index (χ2v) is 2.91. The van der Waals surface area contributed by atoms with E-state index in [0.717, 1.165) is 25.2 Å². The standard InChI is InChI=1S/C10H17NO/c1-2-12-10-5-3-4-9(8-10)6-7-11/h6,8H,2-5,7,11H2,1H3/b9-6+. The van der Waals surface area contributed by atoms with E-state index in [0.29, 0.717) is 6.54 Å². The molecule has 0 aromatic heterocycles. The molecule has 0 saturated heterocycles. The van der Waals surface area contributed by atoms with Crippen molar-refractivity contribution in [2.45, 2.75) is 26.2 Å². The van der Waals surface area contributed by atoms with Crippen molar-refractivity contribution in [2.24, 2.45) is 5.73 Å². The van der Waals surface area contributed by atoms with E-state index in [1.54, 1.807) is 0 Å². The van der Waals surface area contributed by atoms with Crippen LogP contribution in [0.5, 0.6) is 0 Å². The predicted molar refractivity (Wildman–Crippen MR) is 50.7 cm³/mol. The number of rotatable bonds is 3. The van der Waals surface area contributed by atoms with E-state index in [1.165, 1.54) is 12.0 Å². The molecule has 0 amide bonds. The summed E-state index contributed by atoms with van der Waals surface area (Å²) < 4.78 is 5.44. The highest BCUT2D eigenvalue weighted by molar-refractivity contribution is 5.24. The van der Waals surface area contributed by atoms with Gasteiger partial charge in [0.2, 0.25) is 0 Å². The molecule has 0 bridgehead atoms. The van der Waals surface area contributed by atoms with E-state index >= 15 is 0 Å². The summed E-state index contributed by atoms with van der Waals surface area (Å²) in [5.41, 5.74) is 6.76. The minimum Gasteiger partial charge on any atom is -0.498 e. The summed E-state index contributed by atoms with van der Waals surface area (Å²) in [4.78, 5) is 0. The molecule has 2 heteroatoms. The molecular weight excluding hydrogens is 150 g/mol. The molecule has 12 heavy (non-hydrogen) atoms. The van der Waals surface area contributed by atoms with Crippen molar-refractivity contribution in [3.05, 3.63) is 23.5 Å². The van der Waals surface area contributed by atoms with Crippen LogP contribution in [0.15, 0.2) is 23.5 Å². The average Bonchev–Trinajstić information content (AvgIpc) is 2.06. The third-order valence-corrected chi connectivity index (χ3v) is 1.94. The molecular formula is C10H17NO. The second-order valence-electron chi connectivity index (χ2n) is 2.91. The maximum absolute atomic E-state index is 5.44. The number of allylic oxidation sites excluding steroid dienone is 3. The lowest BCUT2D eigenvalue weighted by Crippen LogP contribution is -2.01. The molecule has 0 saturated carbocycles. The fraction of sp³-hybridized carbons (Fsp3) is 0.600. The molecule has 0 spiro atoms. The van der Waals surface area contributed by atoms with Crippen LogP contribution in [0.3, 0.4) is 0 Å². The van der Waals surface area contributed by atoms with Crippen molar-refractivity contribution in [3.8, 4) is 0 Å². The van der Waals surface area contributed by atoms with Gasteiger partial charge >= 0.3 is 0 Å². The summed E-state index contributed by atoms with van der Waals surface area (Å²) in [6.45, 7) is 3.41. The maximum atomic E-state index is 5.44. The zero-order valence-corrected chi connectivity index (χ0v) is 7.68. The van der Waals surface area contributed by atoms with Crippen LogP contribution in [0, 0.1) is 0 Å². The highest BCUT2D eigenvalue weighted by atomic mass is 16.5. The van der Waals surface area contributed by atoms with Gasteiger partial charge in [-0.3, -0.25) is 0 Å². The van der Waals surface area contributed by atoms with Crippen LogP contribution in [0.4, 0.5) is 0 Å². The molecule has 2 N–H and O–H groups in total. The van der Waals surface area contributed by atoms with Crippen LogP contribution in [0.1, 0.15) is 26.2 Å². The van der Waals surface area contributed by atoms with Crippen molar-refractivity contribution < 1.29 is 4.74 Å². The van der Waals surface area contributed by atoms with Crippen LogP contribution in [-0.4, -0.2) is 13.2 Å². The molecule has 68 valence electrons. The first-order chi connectivity index (χ1) is 5.86. The number of hydrogen-bond donors (Lipinski definition) is 1. The van der Waals surface area contributed by atoms with Crippen LogP contribution in [-0.2, 0) is 4.74 Å². The molecule has 0 heterocycles. The van der Waals surface area contributed by atoms with Gasteiger partial charge in [0.15, 0.2) is 0 Å². The van der Waals surface area contributed by atoms with Crippen molar-refractivity contribution in [1.29, 1.82) is 0 Å². The largest absolute Gasteiger partial charge is 0.498 e. The van der Waals surface area contributed by atoms with Crippen molar-refractivity contribution in [2.75, 3.05) is 13.2 Å². The highest BCUT2D eigenvalue weighted by Crippen LogP contribution is 2.22. The minimum atomic E-state index is 0.630. The molecule has 0 aromatic carbocycles. The number of hydrogen-bond acceptors (Lipinski definition) is 2. The molecule has 2 nitrogen and oxygen atoms in total. The molecule has 0 atom stereocenters. The summed E-state index contributed by atoms with van der Waals surface area (Å²) >= 11 is 0. The zero-order valence-electron chi connectivity index (χ0n) is 7.68. The molecule has 1 rings (SSSR count). The maximum Gasteiger partial charge on any atom is 0.0962 e. The van der Waals surface area contributed by atoms with Crippen LogP contribution in [0.25, 0.3) is 0 Å². The summed E-state index contributed by atoms with van der Waals surface area (Å²) in [6, 6.07) is 0. The SMILES string of the molecule is CCOC1=C/C(=C/CN)CCC1. The lowest BCUT2D eigenvalue weighted by atomic mass is 10.0. The van der Waals surface area contributed by atoms with Crippen molar-refractivity contribution in [3.63, 3.8) is 0 Å². The Morgan fingerprint density at radius 3 is 3.08 bits per heavy atom. The Bertz CT molecular complexity index is 194. The lowest BCUT2D eigenvalue weighted by Gasteiger charge is -2.15. The highest BCUT2D eigenvalue weighted by Gasteiger charge is 2.06. The van der Waals surface area contributed by atoms with Crippen molar-refractivity contribution in [1.82, 2.24) is 0 Å². The molecule has 1 aliphatic carbocycles. The Morgan fingerprint density at radius 2 is 2.42 bits per heavy atom. The first kappa shape index (κ1) is 9.33. The topological polar surface area (TPSA) is 35.2 Å². The average molecular weight is 167 g/mol. The third kappa shape index (κ3) is 2.70. The van der Waals surface area contributed by atoms with E-state index in [4.69, 9.17) is 10.5 Å². The predicted octanol–water partition coefficient (Wildman–Crippen LogP) is 1.98. The van der Waals surface area contributed by atoms with Gasteiger partial charge in [-0.05, 0) is 31.4 Å². The Balaban J connectivity index is 2.57. The smallest absolute Gasteiger partial charge is 0.0962 e. The Labute approximate surface area is 74.1 Å². The van der Waals surface area contributed by atoms with Gasteiger partial charge in [-0.15, -0.1) is 0 Å². The normalized spacial score (nSPS) is 20.8. The summed E-state index contributed by atoms with van der Waals surface area (Å²) in [5.74, 6) is 1.11. The van der Waals surface area contributed by atoms with Gasteiger partial charge in [-0.1, -0.05) is 6.08 Å². The second kappa shape index (κ2) is 4.99. The molecule has 0 radical (unpaired) electrons. The monoisotopic (exact) mass is 167 g/mol. The summed E-state index contributed by atoms with van der Waals surface area (Å²) in [7, 11) is 0. The lowest BCUT2D eigenvalue weighted by molar-refractivity contribution is 0.214. The van der Waals surface area contributed by atoms with E-state index < -0.39 is 0 Å². The van der Waals surface area contributed by atoms with E-state index in [-0.39, 0.29) is 0 Å². The molecule has 0 unspecified atom stereocenters. The van der Waals surface area contributed by atoms with Crippen molar-refractivity contribution >= 4 is 0 Å². The summed E-state index contributed by atoms with van der Waals surface area (Å²) in [6.07, 6.45) is 7.61. The quantitative estimate of drug-likeness (QED) is 0.697. The van der Waals surface area contributed by atoms with Crippen LogP contribution < -0.4 is 5.73 Å². The fourth-order valence-electron chi connectivity index (χ4n) is 1.43. The van der Waals surface area contributed by atoms with Gasteiger partial charge < -0.3 is 10.5 Å². The minimum absolute atomic E-state index is 0.630. The number of nitrogens with two attached hydrogens (primary N) is 1. The first-order valence-electron chi connectivity index (χ1n) is 4.59.